The summed E-state index contributed by atoms with van der Waals surface area (Å²) in [5.41, 5.74) is 0.370. The number of aromatic nitrogens is 1. The molecule has 0 bridgehead atoms. The number of aliphatic hydroxyl groups is 1. The number of hydrogen-bond donors (Lipinski definition) is 1. The van der Waals surface area contributed by atoms with E-state index in [2.05, 4.69) is 5.16 Å². The third kappa shape index (κ3) is 2.49. The second-order valence-electron chi connectivity index (χ2n) is 4.60. The minimum atomic E-state index is -0.777. The average molecular weight is 322 g/mol. The highest BCUT2D eigenvalue weighted by Crippen LogP contribution is 2.35. The van der Waals surface area contributed by atoms with Crippen molar-refractivity contribution in [3.8, 4) is 22.6 Å². The van der Waals surface area contributed by atoms with Crippen molar-refractivity contribution in [3.63, 3.8) is 0 Å². The highest BCUT2D eigenvalue weighted by atomic mass is 35.5. The van der Waals surface area contributed by atoms with Gasteiger partial charge in [0.25, 0.3) is 0 Å². The summed E-state index contributed by atoms with van der Waals surface area (Å²) < 4.78 is 33.0. The van der Waals surface area contributed by atoms with E-state index in [9.17, 15) is 13.9 Å². The van der Waals surface area contributed by atoms with Gasteiger partial charge >= 0.3 is 0 Å². The Kier molecular flexibility index (Phi) is 3.92. The minimum absolute atomic E-state index is 0.0620. The summed E-state index contributed by atoms with van der Waals surface area (Å²) in [5.74, 6) is -1.33. The zero-order valence-corrected chi connectivity index (χ0v) is 11.9. The van der Waals surface area contributed by atoms with E-state index in [0.717, 1.165) is 12.1 Å². The molecule has 3 rings (SSSR count). The monoisotopic (exact) mass is 321 g/mol. The van der Waals surface area contributed by atoms with Gasteiger partial charge in [-0.05, 0) is 24.3 Å². The first-order chi connectivity index (χ1) is 10.6. The molecule has 0 spiro atoms. The molecule has 0 aliphatic carbocycles. The third-order valence-electron chi connectivity index (χ3n) is 3.23. The van der Waals surface area contributed by atoms with E-state index >= 15 is 0 Å². The predicted molar refractivity (Wildman–Crippen MR) is 78.2 cm³/mol. The van der Waals surface area contributed by atoms with Crippen molar-refractivity contribution >= 4 is 11.6 Å². The van der Waals surface area contributed by atoms with Gasteiger partial charge in [-0.2, -0.15) is 0 Å². The second kappa shape index (κ2) is 5.87. The highest BCUT2D eigenvalue weighted by Gasteiger charge is 2.23. The van der Waals surface area contributed by atoms with Crippen molar-refractivity contribution in [1.82, 2.24) is 5.16 Å². The van der Waals surface area contributed by atoms with Crippen LogP contribution in [0.4, 0.5) is 8.78 Å². The molecule has 0 fully saturated rings. The van der Waals surface area contributed by atoms with E-state index in [1.54, 1.807) is 24.3 Å². The first-order valence-corrected chi connectivity index (χ1v) is 6.79. The Balaban J connectivity index is 2.20. The number of rotatable bonds is 3. The van der Waals surface area contributed by atoms with Gasteiger partial charge in [0.1, 0.15) is 17.3 Å². The Morgan fingerprint density at radius 2 is 1.77 bits per heavy atom. The van der Waals surface area contributed by atoms with Crippen molar-refractivity contribution in [3.05, 3.63) is 64.7 Å². The summed E-state index contributed by atoms with van der Waals surface area (Å²) >= 11 is 5.92. The summed E-state index contributed by atoms with van der Waals surface area (Å²) in [6.07, 6.45) is 0. The van der Waals surface area contributed by atoms with Gasteiger partial charge in [0, 0.05) is 10.6 Å². The summed E-state index contributed by atoms with van der Waals surface area (Å²) in [5, 5.41) is 13.8. The second-order valence-corrected chi connectivity index (χ2v) is 5.04. The van der Waals surface area contributed by atoms with Crippen LogP contribution in [0.5, 0.6) is 0 Å². The lowest BCUT2D eigenvalue weighted by molar-refractivity contribution is 0.281. The number of benzene rings is 2. The maximum Gasteiger partial charge on any atom is 0.173 e. The van der Waals surface area contributed by atoms with Crippen LogP contribution in [0.1, 0.15) is 5.56 Å². The predicted octanol–water partition coefficient (Wildman–Crippen LogP) is 4.43. The van der Waals surface area contributed by atoms with Crippen LogP contribution in [-0.2, 0) is 6.61 Å². The molecule has 3 aromatic rings. The van der Waals surface area contributed by atoms with Crippen molar-refractivity contribution in [2.24, 2.45) is 0 Å². The zero-order valence-electron chi connectivity index (χ0n) is 11.2. The number of hydrogen-bond acceptors (Lipinski definition) is 3. The first-order valence-electron chi connectivity index (χ1n) is 6.41. The fraction of sp³-hybridized carbons (Fsp3) is 0.0625. The van der Waals surface area contributed by atoms with Crippen molar-refractivity contribution in [2.45, 2.75) is 6.61 Å². The molecule has 0 radical (unpaired) electrons. The molecule has 112 valence electrons. The van der Waals surface area contributed by atoms with E-state index < -0.39 is 18.2 Å². The molecule has 6 heteroatoms. The molecule has 22 heavy (non-hydrogen) atoms. The van der Waals surface area contributed by atoms with Crippen LogP contribution in [0, 0.1) is 11.6 Å². The van der Waals surface area contributed by atoms with Crippen LogP contribution in [0.25, 0.3) is 22.6 Å². The molecular formula is C16H10ClF2NO2. The van der Waals surface area contributed by atoms with E-state index in [0.29, 0.717) is 10.6 Å². The van der Waals surface area contributed by atoms with Crippen LogP contribution in [0.15, 0.2) is 47.0 Å². The quantitative estimate of drug-likeness (QED) is 0.776. The zero-order chi connectivity index (χ0) is 15.7. The standard InChI is InChI=1S/C16H10ClF2NO2/c17-10-4-1-3-9(7-10)16-11(8-21)15(20-22-16)14-12(18)5-2-6-13(14)19/h1-7,21H,8H2. The molecule has 0 atom stereocenters. The van der Waals surface area contributed by atoms with Crippen LogP contribution in [0.3, 0.4) is 0 Å². The SMILES string of the molecule is OCc1c(-c2c(F)cccc2F)noc1-c1cccc(Cl)c1. The summed E-state index contributed by atoms with van der Waals surface area (Å²) in [6, 6.07) is 10.2. The molecule has 0 amide bonds. The maximum absolute atomic E-state index is 13.9. The summed E-state index contributed by atoms with van der Waals surface area (Å²) in [7, 11) is 0. The summed E-state index contributed by atoms with van der Waals surface area (Å²) in [4.78, 5) is 0. The molecule has 1 aromatic heterocycles. The van der Waals surface area contributed by atoms with Gasteiger partial charge in [0.2, 0.25) is 0 Å². The molecule has 0 aliphatic heterocycles. The van der Waals surface area contributed by atoms with Gasteiger partial charge in [0.15, 0.2) is 5.76 Å². The Hall–Kier alpha value is -2.24. The van der Waals surface area contributed by atoms with E-state index in [1.807, 2.05) is 0 Å². The van der Waals surface area contributed by atoms with Crippen molar-refractivity contribution < 1.29 is 18.4 Å². The van der Waals surface area contributed by atoms with Crippen molar-refractivity contribution in [1.29, 1.82) is 0 Å². The molecule has 2 aromatic carbocycles. The Morgan fingerprint density at radius 1 is 1.09 bits per heavy atom. The average Bonchev–Trinajstić information content (AvgIpc) is 2.90. The Labute approximate surface area is 129 Å². The van der Waals surface area contributed by atoms with Gasteiger partial charge in [-0.25, -0.2) is 8.78 Å². The van der Waals surface area contributed by atoms with E-state index in [-0.39, 0.29) is 22.6 Å². The van der Waals surface area contributed by atoms with E-state index in [1.165, 1.54) is 6.07 Å². The topological polar surface area (TPSA) is 46.3 Å². The molecule has 0 unspecified atom stereocenters. The largest absolute Gasteiger partial charge is 0.391 e. The van der Waals surface area contributed by atoms with Crippen LogP contribution in [-0.4, -0.2) is 10.3 Å². The van der Waals surface area contributed by atoms with Gasteiger partial charge in [-0.3, -0.25) is 0 Å². The molecule has 0 saturated heterocycles. The fourth-order valence-corrected chi connectivity index (χ4v) is 2.42. The minimum Gasteiger partial charge on any atom is -0.391 e. The van der Waals surface area contributed by atoms with Gasteiger partial charge in [-0.15, -0.1) is 0 Å². The Bertz CT molecular complexity index is 813. The van der Waals surface area contributed by atoms with Gasteiger partial charge < -0.3 is 9.63 Å². The smallest absolute Gasteiger partial charge is 0.173 e. The number of aliphatic hydroxyl groups excluding tert-OH is 1. The normalized spacial score (nSPS) is 10.9. The molecule has 1 N–H and O–H groups in total. The lowest BCUT2D eigenvalue weighted by Gasteiger charge is -2.04. The number of nitrogens with zero attached hydrogens (tertiary/aromatic N) is 1. The van der Waals surface area contributed by atoms with Crippen molar-refractivity contribution in [2.75, 3.05) is 0 Å². The highest BCUT2D eigenvalue weighted by molar-refractivity contribution is 6.30. The molecule has 0 saturated carbocycles. The molecule has 0 aliphatic rings. The summed E-state index contributed by atoms with van der Waals surface area (Å²) in [6.45, 7) is -0.478. The molecule has 1 heterocycles. The van der Waals surface area contributed by atoms with Gasteiger partial charge in [-0.1, -0.05) is 35.0 Å². The lowest BCUT2D eigenvalue weighted by atomic mass is 10.0. The van der Waals surface area contributed by atoms with Crippen LogP contribution >= 0.6 is 11.6 Å². The van der Waals surface area contributed by atoms with Gasteiger partial charge in [0.05, 0.1) is 17.7 Å². The third-order valence-corrected chi connectivity index (χ3v) is 3.47. The Morgan fingerprint density at radius 3 is 2.41 bits per heavy atom. The molecule has 3 nitrogen and oxygen atoms in total. The van der Waals surface area contributed by atoms with Crippen LogP contribution < -0.4 is 0 Å². The molecular weight excluding hydrogens is 312 g/mol. The maximum atomic E-state index is 13.9. The fourth-order valence-electron chi connectivity index (χ4n) is 2.23. The number of halogens is 3. The van der Waals surface area contributed by atoms with Crippen LogP contribution in [0.2, 0.25) is 5.02 Å². The van der Waals surface area contributed by atoms with E-state index in [4.69, 9.17) is 16.1 Å². The first kappa shape index (κ1) is 14.7. The lowest BCUT2D eigenvalue weighted by Crippen LogP contribution is -1.94.